The van der Waals surface area contributed by atoms with Crippen LogP contribution in [0.4, 0.5) is 0 Å². The van der Waals surface area contributed by atoms with Crippen molar-refractivity contribution in [2.24, 2.45) is 11.8 Å². The summed E-state index contributed by atoms with van der Waals surface area (Å²) >= 11 is 0. The number of amides is 1. The standard InChI is InChI=1S/C25H35N3O4.H2/c1-18(2)16-21(26-23(30)14-12-19-10-6-7-11-19)22(29)17-28-25(31)32-24(27-28)15-13-20-8-4-3-5-9-20;/h3-5,8-9,18-19,21H,6-7,10-17H2,1-2H3,(H,26,30);1H/t21-;/m0./s1. The van der Waals surface area contributed by atoms with Gasteiger partial charge in [0.15, 0.2) is 5.78 Å². The summed E-state index contributed by atoms with van der Waals surface area (Å²) < 4.78 is 6.30. The van der Waals surface area contributed by atoms with Crippen LogP contribution < -0.4 is 11.1 Å². The fourth-order valence-electron chi connectivity index (χ4n) is 4.35. The number of nitrogens with one attached hydrogen (secondary N) is 1. The molecule has 1 saturated carbocycles. The van der Waals surface area contributed by atoms with Crippen molar-refractivity contribution >= 4 is 11.7 Å². The van der Waals surface area contributed by atoms with Crippen LogP contribution in [-0.4, -0.2) is 27.5 Å². The summed E-state index contributed by atoms with van der Waals surface area (Å²) in [5, 5.41) is 7.10. The van der Waals surface area contributed by atoms with E-state index in [0.717, 1.165) is 16.7 Å². The largest absolute Gasteiger partial charge is 0.437 e. The van der Waals surface area contributed by atoms with E-state index in [9.17, 15) is 14.4 Å². The molecule has 1 N–H and O–H groups in total. The zero-order chi connectivity index (χ0) is 22.9. The van der Waals surface area contributed by atoms with E-state index in [1.807, 2.05) is 44.2 Å². The Labute approximate surface area is 191 Å². The van der Waals surface area contributed by atoms with Crippen LogP contribution in [-0.2, 0) is 29.0 Å². The van der Waals surface area contributed by atoms with Crippen LogP contribution in [0, 0.1) is 11.8 Å². The number of aromatic nitrogens is 2. The minimum atomic E-state index is -0.641. The molecule has 1 aliphatic rings. The van der Waals surface area contributed by atoms with Crippen molar-refractivity contribution < 1.29 is 15.4 Å². The Morgan fingerprint density at radius 3 is 2.59 bits per heavy atom. The molecule has 3 rings (SSSR count). The van der Waals surface area contributed by atoms with Gasteiger partial charge in [-0.1, -0.05) is 69.9 Å². The monoisotopic (exact) mass is 443 g/mol. The first-order chi connectivity index (χ1) is 15.4. The van der Waals surface area contributed by atoms with Gasteiger partial charge in [-0.3, -0.25) is 9.59 Å². The van der Waals surface area contributed by atoms with E-state index in [0.29, 0.717) is 37.5 Å². The molecule has 32 heavy (non-hydrogen) atoms. The number of rotatable bonds is 12. The molecule has 0 aliphatic heterocycles. The molecular formula is C25H37N3O4. The minimum Gasteiger partial charge on any atom is -0.392 e. The van der Waals surface area contributed by atoms with Crippen LogP contribution in [0.2, 0.25) is 0 Å². The summed E-state index contributed by atoms with van der Waals surface area (Å²) in [6.45, 7) is 3.82. The van der Waals surface area contributed by atoms with E-state index < -0.39 is 11.8 Å². The van der Waals surface area contributed by atoms with Gasteiger partial charge in [-0.05, 0) is 36.7 Å². The number of carbonyl (C=O) groups excluding carboxylic acids is 2. The molecule has 0 saturated heterocycles. The average Bonchev–Trinajstić information content (AvgIpc) is 3.40. The number of Topliss-reactive ketones (excluding diaryl/α,β-unsaturated/α-hetero) is 1. The van der Waals surface area contributed by atoms with Gasteiger partial charge in [0.25, 0.3) is 0 Å². The maximum Gasteiger partial charge on any atom is 0.437 e. The second-order valence-corrected chi connectivity index (χ2v) is 9.31. The first kappa shape index (κ1) is 24.0. The Balaban J connectivity index is 0.00000385. The van der Waals surface area contributed by atoms with Gasteiger partial charge in [-0.2, -0.15) is 4.68 Å². The van der Waals surface area contributed by atoms with Gasteiger partial charge in [0.1, 0.15) is 6.54 Å². The van der Waals surface area contributed by atoms with Crippen molar-refractivity contribution in [2.45, 2.75) is 84.2 Å². The van der Waals surface area contributed by atoms with E-state index >= 15 is 0 Å². The zero-order valence-corrected chi connectivity index (χ0v) is 19.2. The minimum absolute atomic E-state index is 0. The van der Waals surface area contributed by atoms with Crippen molar-refractivity contribution in [3.05, 3.63) is 52.3 Å². The smallest absolute Gasteiger partial charge is 0.392 e. The van der Waals surface area contributed by atoms with Gasteiger partial charge in [-0.25, -0.2) is 4.79 Å². The molecule has 1 heterocycles. The van der Waals surface area contributed by atoms with Gasteiger partial charge < -0.3 is 9.73 Å². The van der Waals surface area contributed by atoms with Crippen LogP contribution >= 0.6 is 0 Å². The van der Waals surface area contributed by atoms with E-state index in [-0.39, 0.29) is 25.6 Å². The molecule has 1 atom stereocenters. The number of hydrogen-bond acceptors (Lipinski definition) is 5. The summed E-state index contributed by atoms with van der Waals surface area (Å²) in [5.41, 5.74) is 1.12. The molecule has 2 aromatic rings. The lowest BCUT2D eigenvalue weighted by atomic mass is 9.98. The third-order valence-electron chi connectivity index (χ3n) is 6.11. The molecule has 1 aliphatic carbocycles. The predicted molar refractivity (Wildman–Crippen MR) is 124 cm³/mol. The van der Waals surface area contributed by atoms with E-state index in [4.69, 9.17) is 4.42 Å². The first-order valence-electron chi connectivity index (χ1n) is 11.8. The Hall–Kier alpha value is -2.70. The molecule has 1 aromatic carbocycles. The summed E-state index contributed by atoms with van der Waals surface area (Å²) in [6.07, 6.45) is 7.92. The van der Waals surface area contributed by atoms with Crippen LogP contribution in [0.1, 0.15) is 71.7 Å². The number of benzene rings is 1. The predicted octanol–water partition coefficient (Wildman–Crippen LogP) is 3.94. The van der Waals surface area contributed by atoms with Gasteiger partial charge in [0, 0.05) is 14.3 Å². The highest BCUT2D eigenvalue weighted by Gasteiger charge is 2.24. The molecule has 1 aromatic heterocycles. The quantitative estimate of drug-likeness (QED) is 0.536. The maximum atomic E-state index is 12.9. The van der Waals surface area contributed by atoms with E-state index in [1.165, 1.54) is 25.7 Å². The lowest BCUT2D eigenvalue weighted by molar-refractivity contribution is -0.128. The van der Waals surface area contributed by atoms with Gasteiger partial charge in [-0.15, -0.1) is 5.10 Å². The van der Waals surface area contributed by atoms with Crippen molar-refractivity contribution in [2.75, 3.05) is 0 Å². The van der Waals surface area contributed by atoms with Crippen LogP contribution in [0.25, 0.3) is 0 Å². The number of nitrogens with zero attached hydrogens (tertiary/aromatic N) is 2. The zero-order valence-electron chi connectivity index (χ0n) is 19.2. The van der Waals surface area contributed by atoms with Crippen LogP contribution in [0.15, 0.2) is 39.5 Å². The molecule has 0 unspecified atom stereocenters. The molecule has 1 fully saturated rings. The third kappa shape index (κ3) is 7.46. The second-order valence-electron chi connectivity index (χ2n) is 9.31. The SMILES string of the molecule is CC(C)C[C@H](NC(=O)CCC1CCCC1)C(=O)Cn1nc(CCc2ccccc2)oc1=O.[HH]. The van der Waals surface area contributed by atoms with Gasteiger partial charge in [0.2, 0.25) is 11.8 Å². The number of carbonyl (C=O) groups is 2. The van der Waals surface area contributed by atoms with Gasteiger partial charge in [0.05, 0.1) is 6.04 Å². The molecule has 0 spiro atoms. The summed E-state index contributed by atoms with van der Waals surface area (Å²) in [4.78, 5) is 37.6. The Bertz CT molecular complexity index is 933. The summed E-state index contributed by atoms with van der Waals surface area (Å²) in [7, 11) is 0. The Morgan fingerprint density at radius 2 is 1.91 bits per heavy atom. The third-order valence-corrected chi connectivity index (χ3v) is 6.11. The highest BCUT2D eigenvalue weighted by Crippen LogP contribution is 2.28. The molecule has 7 heteroatoms. The highest BCUT2D eigenvalue weighted by molar-refractivity contribution is 5.88. The Kier molecular flexibility index (Phi) is 8.82. The highest BCUT2D eigenvalue weighted by atomic mass is 16.4. The van der Waals surface area contributed by atoms with Crippen molar-refractivity contribution in [1.29, 1.82) is 0 Å². The number of ketones is 1. The molecule has 0 radical (unpaired) electrons. The Morgan fingerprint density at radius 1 is 1.19 bits per heavy atom. The lowest BCUT2D eigenvalue weighted by Gasteiger charge is -2.20. The first-order valence-corrected chi connectivity index (χ1v) is 11.8. The van der Waals surface area contributed by atoms with Crippen LogP contribution in [0.3, 0.4) is 0 Å². The lowest BCUT2D eigenvalue weighted by Crippen LogP contribution is -2.44. The molecule has 7 nitrogen and oxygen atoms in total. The maximum absolute atomic E-state index is 12.9. The van der Waals surface area contributed by atoms with Crippen LogP contribution in [0.5, 0.6) is 0 Å². The fraction of sp³-hybridized carbons (Fsp3) is 0.600. The summed E-state index contributed by atoms with van der Waals surface area (Å²) in [5.74, 6) is 0.215. The molecule has 0 bridgehead atoms. The number of aryl methyl sites for hydroxylation is 2. The average molecular weight is 444 g/mol. The van der Waals surface area contributed by atoms with Gasteiger partial charge >= 0.3 is 5.76 Å². The normalized spacial score (nSPS) is 15.2. The topological polar surface area (TPSA) is 94.2 Å². The molecule has 1 amide bonds. The second kappa shape index (κ2) is 11.8. The molecular weight excluding hydrogens is 406 g/mol. The molecule has 176 valence electrons. The van der Waals surface area contributed by atoms with E-state index in [1.54, 1.807) is 0 Å². The van der Waals surface area contributed by atoms with E-state index in [2.05, 4.69) is 10.4 Å². The van der Waals surface area contributed by atoms with Crippen molar-refractivity contribution in [3.63, 3.8) is 0 Å². The van der Waals surface area contributed by atoms with Crippen molar-refractivity contribution in [1.82, 2.24) is 15.1 Å². The van der Waals surface area contributed by atoms with Crippen molar-refractivity contribution in [3.8, 4) is 0 Å². The fourth-order valence-corrected chi connectivity index (χ4v) is 4.35. The summed E-state index contributed by atoms with van der Waals surface area (Å²) in [6, 6.07) is 9.25. The number of hydrogen-bond donors (Lipinski definition) is 1.